The zero-order chi connectivity index (χ0) is 14.9. The Morgan fingerprint density at radius 3 is 2.62 bits per heavy atom. The quantitative estimate of drug-likeness (QED) is 0.694. The van der Waals surface area contributed by atoms with E-state index in [2.05, 4.69) is 72.0 Å². The highest BCUT2D eigenvalue weighted by Gasteiger charge is 2.09. The molecular formula is C18H26N2S. The second-order valence-electron chi connectivity index (χ2n) is 5.51. The van der Waals surface area contributed by atoms with Gasteiger partial charge in [-0.3, -0.25) is 0 Å². The lowest BCUT2D eigenvalue weighted by Gasteiger charge is -2.19. The van der Waals surface area contributed by atoms with Crippen molar-refractivity contribution in [3.63, 3.8) is 0 Å². The summed E-state index contributed by atoms with van der Waals surface area (Å²) < 4.78 is 0. The van der Waals surface area contributed by atoms with Gasteiger partial charge in [-0.15, -0.1) is 11.3 Å². The normalized spacial score (nSPS) is 12.7. The molecule has 0 spiro atoms. The molecule has 0 saturated heterocycles. The van der Waals surface area contributed by atoms with Crippen LogP contribution in [-0.2, 0) is 6.54 Å². The van der Waals surface area contributed by atoms with Crippen molar-refractivity contribution in [1.29, 1.82) is 0 Å². The lowest BCUT2D eigenvalue weighted by molar-refractivity contribution is 0.316. The molecule has 0 aliphatic heterocycles. The van der Waals surface area contributed by atoms with Crippen molar-refractivity contribution < 1.29 is 0 Å². The molecule has 0 aliphatic rings. The summed E-state index contributed by atoms with van der Waals surface area (Å²) in [7, 11) is 2.20. The van der Waals surface area contributed by atoms with E-state index < -0.39 is 0 Å². The van der Waals surface area contributed by atoms with Gasteiger partial charge in [0.25, 0.3) is 0 Å². The highest BCUT2D eigenvalue weighted by molar-refractivity contribution is 7.10. The lowest BCUT2D eigenvalue weighted by Crippen LogP contribution is -2.26. The van der Waals surface area contributed by atoms with E-state index in [4.69, 9.17) is 0 Å². The Morgan fingerprint density at radius 1 is 1.14 bits per heavy atom. The van der Waals surface area contributed by atoms with E-state index in [1.165, 1.54) is 16.9 Å². The van der Waals surface area contributed by atoms with Crippen molar-refractivity contribution in [2.45, 2.75) is 32.4 Å². The summed E-state index contributed by atoms with van der Waals surface area (Å²) in [6.07, 6.45) is 2.34. The maximum absolute atomic E-state index is 3.67. The molecule has 2 aromatic rings. The largest absolute Gasteiger partial charge is 0.309 e. The Bertz CT molecular complexity index is 481. The van der Waals surface area contributed by atoms with Crippen molar-refractivity contribution in [2.24, 2.45) is 0 Å². The fraction of sp³-hybridized carbons (Fsp3) is 0.444. The molecule has 0 saturated carbocycles. The molecule has 0 aliphatic carbocycles. The molecule has 0 bridgehead atoms. The highest BCUT2D eigenvalue weighted by Crippen LogP contribution is 2.21. The number of hydrogen-bond acceptors (Lipinski definition) is 3. The number of hydrogen-bond donors (Lipinski definition) is 1. The smallest absolute Gasteiger partial charge is 0.0412 e. The summed E-state index contributed by atoms with van der Waals surface area (Å²) in [4.78, 5) is 3.85. The average Bonchev–Trinajstić information content (AvgIpc) is 3.02. The van der Waals surface area contributed by atoms with E-state index in [9.17, 15) is 0 Å². The fourth-order valence-electron chi connectivity index (χ4n) is 2.54. The first-order valence-corrected chi connectivity index (χ1v) is 8.66. The van der Waals surface area contributed by atoms with Gasteiger partial charge < -0.3 is 10.2 Å². The third kappa shape index (κ3) is 5.62. The second-order valence-corrected chi connectivity index (χ2v) is 6.49. The van der Waals surface area contributed by atoms with Crippen LogP contribution < -0.4 is 5.32 Å². The van der Waals surface area contributed by atoms with Gasteiger partial charge in [0.1, 0.15) is 0 Å². The number of nitrogens with one attached hydrogen (secondary N) is 1. The number of thiophene rings is 1. The molecule has 0 fully saturated rings. The van der Waals surface area contributed by atoms with Gasteiger partial charge >= 0.3 is 0 Å². The van der Waals surface area contributed by atoms with E-state index in [1.54, 1.807) is 0 Å². The highest BCUT2D eigenvalue weighted by atomic mass is 32.1. The van der Waals surface area contributed by atoms with Crippen molar-refractivity contribution >= 4 is 11.3 Å². The molecule has 2 nitrogen and oxygen atoms in total. The maximum Gasteiger partial charge on any atom is 0.0412 e. The molecule has 1 unspecified atom stereocenters. The van der Waals surface area contributed by atoms with Crippen LogP contribution in [0.1, 0.15) is 36.2 Å². The molecule has 0 radical (unpaired) electrons. The van der Waals surface area contributed by atoms with Crippen LogP contribution in [0.3, 0.4) is 0 Å². The molecule has 1 aromatic carbocycles. The third-order valence-electron chi connectivity index (χ3n) is 3.70. The van der Waals surface area contributed by atoms with Gasteiger partial charge in [0.2, 0.25) is 0 Å². The Morgan fingerprint density at radius 2 is 1.95 bits per heavy atom. The average molecular weight is 302 g/mol. The van der Waals surface area contributed by atoms with E-state index in [0.717, 1.165) is 26.1 Å². The number of nitrogens with zero attached hydrogens (tertiary/aromatic N) is 1. The van der Waals surface area contributed by atoms with Crippen LogP contribution in [0.5, 0.6) is 0 Å². The van der Waals surface area contributed by atoms with Crippen LogP contribution in [0.2, 0.25) is 0 Å². The monoisotopic (exact) mass is 302 g/mol. The first-order chi connectivity index (χ1) is 10.3. The van der Waals surface area contributed by atoms with Gasteiger partial charge in [0, 0.05) is 17.5 Å². The first kappa shape index (κ1) is 16.2. The molecule has 1 atom stereocenters. The van der Waals surface area contributed by atoms with Crippen molar-refractivity contribution in [3.8, 4) is 0 Å². The van der Waals surface area contributed by atoms with Crippen LogP contribution in [0.15, 0.2) is 47.8 Å². The van der Waals surface area contributed by atoms with Gasteiger partial charge in [0.05, 0.1) is 0 Å². The summed E-state index contributed by atoms with van der Waals surface area (Å²) in [5.41, 5.74) is 1.39. The fourth-order valence-corrected chi connectivity index (χ4v) is 3.42. The van der Waals surface area contributed by atoms with Gasteiger partial charge in [-0.2, -0.15) is 0 Å². The Balaban J connectivity index is 1.65. The SMILES string of the molecule is CCC(NCCCN(C)Cc1ccccc1)c1cccs1. The summed E-state index contributed by atoms with van der Waals surface area (Å²) >= 11 is 1.85. The maximum atomic E-state index is 3.67. The molecule has 2 rings (SSSR count). The van der Waals surface area contributed by atoms with Crippen LogP contribution >= 0.6 is 11.3 Å². The molecule has 3 heteroatoms. The van der Waals surface area contributed by atoms with Crippen LogP contribution in [0.4, 0.5) is 0 Å². The molecule has 0 amide bonds. The molecule has 1 heterocycles. The number of rotatable bonds is 9. The predicted octanol–water partition coefficient (Wildman–Crippen LogP) is 4.31. The topological polar surface area (TPSA) is 15.3 Å². The van der Waals surface area contributed by atoms with Gasteiger partial charge in [-0.25, -0.2) is 0 Å². The first-order valence-electron chi connectivity index (χ1n) is 7.79. The third-order valence-corrected chi connectivity index (χ3v) is 4.68. The molecule has 1 N–H and O–H groups in total. The standard InChI is InChI=1S/C18H26N2S/c1-3-17(18-11-7-14-21-18)19-12-8-13-20(2)15-16-9-5-4-6-10-16/h4-7,9-11,14,17,19H,3,8,12-13,15H2,1-2H3. The minimum Gasteiger partial charge on any atom is -0.309 e. The van der Waals surface area contributed by atoms with Crippen LogP contribution in [0, 0.1) is 0 Å². The van der Waals surface area contributed by atoms with Crippen molar-refractivity contribution in [3.05, 3.63) is 58.3 Å². The zero-order valence-corrected chi connectivity index (χ0v) is 13.9. The summed E-state index contributed by atoms with van der Waals surface area (Å²) in [5, 5.41) is 5.83. The molecular weight excluding hydrogens is 276 g/mol. The molecule has 114 valence electrons. The van der Waals surface area contributed by atoms with E-state index in [0.29, 0.717) is 6.04 Å². The van der Waals surface area contributed by atoms with Gasteiger partial charge in [-0.1, -0.05) is 43.3 Å². The van der Waals surface area contributed by atoms with Gasteiger partial charge in [0.15, 0.2) is 0 Å². The molecule has 1 aromatic heterocycles. The van der Waals surface area contributed by atoms with Crippen molar-refractivity contribution in [2.75, 3.05) is 20.1 Å². The van der Waals surface area contributed by atoms with Crippen molar-refractivity contribution in [1.82, 2.24) is 10.2 Å². The van der Waals surface area contributed by atoms with Gasteiger partial charge in [-0.05, 0) is 50.0 Å². The molecule has 21 heavy (non-hydrogen) atoms. The predicted molar refractivity (Wildman–Crippen MR) is 92.7 cm³/mol. The Kier molecular flexibility index (Phi) is 6.93. The van der Waals surface area contributed by atoms with Crippen LogP contribution in [-0.4, -0.2) is 25.0 Å². The van der Waals surface area contributed by atoms with E-state index in [-0.39, 0.29) is 0 Å². The second kappa shape index (κ2) is 8.98. The lowest BCUT2D eigenvalue weighted by atomic mass is 10.2. The Hall–Kier alpha value is -1.16. The minimum atomic E-state index is 0.518. The van der Waals surface area contributed by atoms with Crippen LogP contribution in [0.25, 0.3) is 0 Å². The number of benzene rings is 1. The summed E-state index contributed by atoms with van der Waals surface area (Å²) in [6.45, 7) is 5.49. The van der Waals surface area contributed by atoms with E-state index in [1.807, 2.05) is 11.3 Å². The zero-order valence-electron chi connectivity index (χ0n) is 13.1. The summed E-state index contributed by atoms with van der Waals surface area (Å²) in [6, 6.07) is 15.6. The van der Waals surface area contributed by atoms with E-state index >= 15 is 0 Å². The minimum absolute atomic E-state index is 0.518. The summed E-state index contributed by atoms with van der Waals surface area (Å²) in [5.74, 6) is 0. The Labute approximate surface area is 132 Å².